The molecule has 4 unspecified atom stereocenters. The molecule has 2 aliphatic rings. The minimum Gasteiger partial charge on any atom is -0.481 e. The lowest BCUT2D eigenvalue weighted by atomic mass is 9.66. The van der Waals surface area contributed by atoms with E-state index in [0.717, 1.165) is 0 Å². The van der Waals surface area contributed by atoms with Crippen LogP contribution in [0.25, 0.3) is 0 Å². The molecule has 4 atom stereocenters. The molecule has 0 aromatic heterocycles. The summed E-state index contributed by atoms with van der Waals surface area (Å²) in [5.41, 5.74) is 0. The lowest BCUT2D eigenvalue weighted by molar-refractivity contribution is -0.150. The second-order valence-corrected chi connectivity index (χ2v) is 4.79. The van der Waals surface area contributed by atoms with Crippen LogP contribution in [-0.4, -0.2) is 22.3 Å². The lowest BCUT2D eigenvalue weighted by Crippen LogP contribution is -2.40. The Morgan fingerprint density at radius 1 is 1.07 bits per heavy atom. The number of aliphatic carboxylic acids is 1. The molecule has 0 aromatic carbocycles. The third-order valence-electron chi connectivity index (χ3n) is 3.95. The predicted octanol–water partition coefficient (Wildman–Crippen LogP) is 1.65. The molecule has 0 amide bonds. The molecule has 0 radical (unpaired) electrons. The van der Waals surface area contributed by atoms with Gasteiger partial charge in [-0.3, -0.25) is 4.79 Å². The van der Waals surface area contributed by atoms with Gasteiger partial charge in [-0.2, -0.15) is 0 Å². The first-order valence-electron chi connectivity index (χ1n) is 5.59. The highest BCUT2D eigenvalue weighted by Crippen LogP contribution is 2.42. The number of carboxylic acids is 1. The van der Waals surface area contributed by atoms with Crippen molar-refractivity contribution in [2.24, 2.45) is 17.8 Å². The average Bonchev–Trinajstić information content (AvgIpc) is 2.16. The van der Waals surface area contributed by atoms with Gasteiger partial charge in [0.05, 0.1) is 12.0 Å². The SMILES string of the molecule is O=C(O)C1CC2CCCCC2CC1O. The first kappa shape index (κ1) is 9.97. The summed E-state index contributed by atoms with van der Waals surface area (Å²) in [5, 5.41) is 18.6. The number of carboxylic acid groups (broad SMARTS) is 1. The highest BCUT2D eigenvalue weighted by molar-refractivity contribution is 5.70. The van der Waals surface area contributed by atoms with Gasteiger partial charge < -0.3 is 10.2 Å². The van der Waals surface area contributed by atoms with E-state index in [4.69, 9.17) is 5.11 Å². The topological polar surface area (TPSA) is 57.5 Å². The third-order valence-corrected chi connectivity index (χ3v) is 3.95. The zero-order valence-electron chi connectivity index (χ0n) is 8.35. The third kappa shape index (κ3) is 1.78. The maximum absolute atomic E-state index is 10.9. The number of hydrogen-bond donors (Lipinski definition) is 2. The van der Waals surface area contributed by atoms with E-state index in [1.807, 2.05) is 0 Å². The quantitative estimate of drug-likeness (QED) is 0.673. The van der Waals surface area contributed by atoms with Gasteiger partial charge in [-0.15, -0.1) is 0 Å². The van der Waals surface area contributed by atoms with Gasteiger partial charge >= 0.3 is 5.97 Å². The second-order valence-electron chi connectivity index (χ2n) is 4.79. The van der Waals surface area contributed by atoms with Gasteiger partial charge in [-0.1, -0.05) is 25.7 Å². The van der Waals surface area contributed by atoms with Crippen LogP contribution in [0.5, 0.6) is 0 Å². The summed E-state index contributed by atoms with van der Waals surface area (Å²) in [7, 11) is 0. The molecule has 80 valence electrons. The van der Waals surface area contributed by atoms with Crippen molar-refractivity contribution in [1.82, 2.24) is 0 Å². The molecular formula is C11H18O3. The largest absolute Gasteiger partial charge is 0.481 e. The van der Waals surface area contributed by atoms with Crippen molar-refractivity contribution < 1.29 is 15.0 Å². The number of rotatable bonds is 1. The van der Waals surface area contributed by atoms with Crippen LogP contribution in [0.15, 0.2) is 0 Å². The Kier molecular flexibility index (Phi) is 2.77. The fourth-order valence-corrected chi connectivity index (χ4v) is 3.13. The van der Waals surface area contributed by atoms with Crippen molar-refractivity contribution in [3.63, 3.8) is 0 Å². The van der Waals surface area contributed by atoms with Crippen LogP contribution < -0.4 is 0 Å². The van der Waals surface area contributed by atoms with Crippen molar-refractivity contribution in [1.29, 1.82) is 0 Å². The van der Waals surface area contributed by atoms with Crippen molar-refractivity contribution >= 4 is 5.97 Å². The van der Waals surface area contributed by atoms with Gasteiger partial charge in [0.15, 0.2) is 0 Å². The highest BCUT2D eigenvalue weighted by Gasteiger charge is 2.40. The summed E-state index contributed by atoms with van der Waals surface area (Å²) >= 11 is 0. The minimum absolute atomic E-state index is 0.505. The summed E-state index contributed by atoms with van der Waals surface area (Å²) in [4.78, 5) is 10.9. The first-order valence-corrected chi connectivity index (χ1v) is 5.59. The summed E-state index contributed by atoms with van der Waals surface area (Å²) in [6.07, 6.45) is 5.65. The van der Waals surface area contributed by atoms with Gasteiger partial charge in [0, 0.05) is 0 Å². The standard InChI is InChI=1S/C11H18O3/c12-10-6-8-4-2-1-3-7(8)5-9(10)11(13)14/h7-10,12H,1-6H2,(H,13,14). The summed E-state index contributed by atoms with van der Waals surface area (Å²) in [6, 6.07) is 0. The van der Waals surface area contributed by atoms with Crippen LogP contribution in [0.2, 0.25) is 0 Å². The number of aliphatic hydroxyl groups excluding tert-OH is 1. The summed E-state index contributed by atoms with van der Waals surface area (Å²) in [6.45, 7) is 0. The zero-order chi connectivity index (χ0) is 10.1. The average molecular weight is 198 g/mol. The van der Waals surface area contributed by atoms with Gasteiger partial charge in [0.25, 0.3) is 0 Å². The molecular weight excluding hydrogens is 180 g/mol. The molecule has 2 rings (SSSR count). The smallest absolute Gasteiger partial charge is 0.309 e. The van der Waals surface area contributed by atoms with E-state index in [1.165, 1.54) is 25.7 Å². The molecule has 2 fully saturated rings. The normalized spacial score (nSPS) is 42.9. The van der Waals surface area contributed by atoms with Crippen molar-refractivity contribution in [2.75, 3.05) is 0 Å². The molecule has 0 bridgehead atoms. The summed E-state index contributed by atoms with van der Waals surface area (Å²) < 4.78 is 0. The van der Waals surface area contributed by atoms with Gasteiger partial charge in [0.1, 0.15) is 0 Å². The molecule has 0 spiro atoms. The van der Waals surface area contributed by atoms with E-state index < -0.39 is 18.0 Å². The molecule has 0 aromatic rings. The Balaban J connectivity index is 2.03. The molecule has 3 heteroatoms. The van der Waals surface area contributed by atoms with E-state index in [9.17, 15) is 9.90 Å². The molecule has 2 N–H and O–H groups in total. The molecule has 14 heavy (non-hydrogen) atoms. The minimum atomic E-state index is -0.818. The molecule has 0 heterocycles. The highest BCUT2D eigenvalue weighted by atomic mass is 16.4. The molecule has 3 nitrogen and oxygen atoms in total. The van der Waals surface area contributed by atoms with Gasteiger partial charge in [0.2, 0.25) is 0 Å². The fraction of sp³-hybridized carbons (Fsp3) is 0.909. The second kappa shape index (κ2) is 3.89. The Labute approximate surface area is 84.1 Å². The number of carbonyl (C=O) groups is 1. The van der Waals surface area contributed by atoms with E-state index in [0.29, 0.717) is 24.7 Å². The van der Waals surface area contributed by atoms with Crippen LogP contribution in [-0.2, 0) is 4.79 Å². The Bertz CT molecular complexity index is 227. The van der Waals surface area contributed by atoms with E-state index in [1.54, 1.807) is 0 Å². The Hall–Kier alpha value is -0.570. The molecule has 0 aliphatic heterocycles. The number of fused-ring (bicyclic) bond motifs is 1. The van der Waals surface area contributed by atoms with Crippen molar-refractivity contribution in [3.8, 4) is 0 Å². The van der Waals surface area contributed by atoms with Gasteiger partial charge in [-0.05, 0) is 24.7 Å². The molecule has 2 saturated carbocycles. The van der Waals surface area contributed by atoms with E-state index >= 15 is 0 Å². The fourth-order valence-electron chi connectivity index (χ4n) is 3.13. The van der Waals surface area contributed by atoms with Crippen LogP contribution >= 0.6 is 0 Å². The first-order chi connectivity index (χ1) is 6.68. The van der Waals surface area contributed by atoms with E-state index in [2.05, 4.69) is 0 Å². The van der Waals surface area contributed by atoms with Crippen molar-refractivity contribution in [3.05, 3.63) is 0 Å². The van der Waals surface area contributed by atoms with E-state index in [-0.39, 0.29) is 0 Å². The maximum Gasteiger partial charge on any atom is 0.309 e. The predicted molar refractivity (Wildman–Crippen MR) is 51.8 cm³/mol. The summed E-state index contributed by atoms with van der Waals surface area (Å²) in [5.74, 6) is -0.168. The van der Waals surface area contributed by atoms with Crippen LogP contribution in [0.1, 0.15) is 38.5 Å². The number of aliphatic hydroxyl groups is 1. The Morgan fingerprint density at radius 2 is 1.64 bits per heavy atom. The molecule has 0 saturated heterocycles. The zero-order valence-corrected chi connectivity index (χ0v) is 8.35. The molecule has 2 aliphatic carbocycles. The maximum atomic E-state index is 10.9. The van der Waals surface area contributed by atoms with Crippen LogP contribution in [0.4, 0.5) is 0 Å². The number of hydrogen-bond acceptors (Lipinski definition) is 2. The van der Waals surface area contributed by atoms with Crippen LogP contribution in [0, 0.1) is 17.8 Å². The monoisotopic (exact) mass is 198 g/mol. The lowest BCUT2D eigenvalue weighted by Gasteiger charge is -2.40. The Morgan fingerprint density at radius 3 is 2.21 bits per heavy atom. The van der Waals surface area contributed by atoms with Gasteiger partial charge in [-0.25, -0.2) is 0 Å². The van der Waals surface area contributed by atoms with Crippen LogP contribution in [0.3, 0.4) is 0 Å². The van der Waals surface area contributed by atoms with Crippen molar-refractivity contribution in [2.45, 2.75) is 44.6 Å².